The lowest BCUT2D eigenvalue weighted by atomic mass is 10.1. The molecule has 1 aliphatic heterocycles. The van der Waals surface area contributed by atoms with E-state index in [1.54, 1.807) is 0 Å². The lowest BCUT2D eigenvalue weighted by molar-refractivity contribution is -0.117. The minimum absolute atomic E-state index is 0.0840. The highest BCUT2D eigenvalue weighted by atomic mass is 16.2. The van der Waals surface area contributed by atoms with Crippen LogP contribution in [0.15, 0.2) is 42.6 Å². The van der Waals surface area contributed by atoms with Crippen LogP contribution in [-0.4, -0.2) is 28.8 Å². The van der Waals surface area contributed by atoms with Gasteiger partial charge in [-0.25, -0.2) is 0 Å². The fourth-order valence-electron chi connectivity index (χ4n) is 3.25. The topological polar surface area (TPSA) is 59.0 Å². The summed E-state index contributed by atoms with van der Waals surface area (Å²) < 4.78 is 1.96. The van der Waals surface area contributed by atoms with Gasteiger partial charge in [0.15, 0.2) is 5.82 Å². The zero-order valence-corrected chi connectivity index (χ0v) is 12.4. The van der Waals surface area contributed by atoms with E-state index in [0.29, 0.717) is 17.8 Å². The smallest absolute Gasteiger partial charge is 0.229 e. The molecule has 0 unspecified atom stereocenters. The van der Waals surface area contributed by atoms with Crippen LogP contribution in [0.2, 0.25) is 0 Å². The van der Waals surface area contributed by atoms with Gasteiger partial charge in [-0.05, 0) is 30.9 Å². The summed E-state index contributed by atoms with van der Waals surface area (Å²) in [7, 11) is 0. The minimum Gasteiger partial charge on any atom is -0.315 e. The Morgan fingerprint density at radius 3 is 2.91 bits per heavy atom. The summed E-state index contributed by atoms with van der Waals surface area (Å²) in [5, 5.41) is 10.8. The number of hydrogen-bond donors (Lipinski definition) is 2. The lowest BCUT2D eigenvalue weighted by Gasteiger charge is -2.08. The van der Waals surface area contributed by atoms with E-state index in [2.05, 4.69) is 27.9 Å². The van der Waals surface area contributed by atoms with Crippen molar-refractivity contribution in [3.63, 3.8) is 0 Å². The van der Waals surface area contributed by atoms with E-state index in [0.717, 1.165) is 25.9 Å². The van der Waals surface area contributed by atoms with Crippen molar-refractivity contribution >= 4 is 11.7 Å². The van der Waals surface area contributed by atoms with Crippen LogP contribution in [-0.2, 0) is 4.79 Å². The molecular weight excluding hydrogens is 276 g/mol. The molecule has 2 N–H and O–H groups in total. The first kappa shape index (κ1) is 13.5. The van der Waals surface area contributed by atoms with Gasteiger partial charge in [-0.15, -0.1) is 0 Å². The number of hydrogen-bond acceptors (Lipinski definition) is 3. The summed E-state index contributed by atoms with van der Waals surface area (Å²) in [6.07, 6.45) is 3.98. The van der Waals surface area contributed by atoms with Crippen molar-refractivity contribution in [2.75, 3.05) is 18.4 Å². The van der Waals surface area contributed by atoms with E-state index in [4.69, 9.17) is 0 Å². The van der Waals surface area contributed by atoms with Crippen molar-refractivity contribution in [3.8, 4) is 0 Å². The maximum Gasteiger partial charge on any atom is 0.229 e. The fourth-order valence-corrected chi connectivity index (χ4v) is 3.25. The Labute approximate surface area is 129 Å². The number of anilines is 1. The van der Waals surface area contributed by atoms with Crippen LogP contribution in [0.1, 0.15) is 30.4 Å². The Balaban J connectivity index is 1.37. The van der Waals surface area contributed by atoms with Crippen molar-refractivity contribution in [3.05, 3.63) is 48.2 Å². The number of rotatable bonds is 4. The SMILES string of the molecule is O=C(Nc1ccn([C@@H]2CCNC2)n1)[C@@H]1C[C@@H]1c1ccccc1. The highest BCUT2D eigenvalue weighted by molar-refractivity contribution is 5.94. The van der Waals surface area contributed by atoms with Crippen LogP contribution in [0.25, 0.3) is 0 Å². The number of nitrogens with zero attached hydrogens (tertiary/aromatic N) is 2. The molecule has 2 aliphatic rings. The molecule has 22 heavy (non-hydrogen) atoms. The Morgan fingerprint density at radius 2 is 2.14 bits per heavy atom. The molecule has 1 aromatic carbocycles. The molecular formula is C17H20N4O. The summed E-state index contributed by atoms with van der Waals surface area (Å²) in [5.74, 6) is 1.20. The molecule has 0 radical (unpaired) electrons. The summed E-state index contributed by atoms with van der Waals surface area (Å²) in [5.41, 5.74) is 1.25. The van der Waals surface area contributed by atoms with Gasteiger partial charge >= 0.3 is 0 Å². The molecule has 1 aromatic heterocycles. The van der Waals surface area contributed by atoms with Gasteiger partial charge in [-0.3, -0.25) is 9.48 Å². The first-order valence-electron chi connectivity index (χ1n) is 7.93. The van der Waals surface area contributed by atoms with Gasteiger partial charge in [-0.2, -0.15) is 5.10 Å². The second-order valence-electron chi connectivity index (χ2n) is 6.18. The molecule has 1 aliphatic carbocycles. The van der Waals surface area contributed by atoms with Crippen molar-refractivity contribution in [2.45, 2.75) is 24.8 Å². The largest absolute Gasteiger partial charge is 0.315 e. The molecule has 1 amide bonds. The van der Waals surface area contributed by atoms with Gasteiger partial charge in [0.05, 0.1) is 6.04 Å². The van der Waals surface area contributed by atoms with E-state index in [-0.39, 0.29) is 11.8 Å². The third-order valence-electron chi connectivity index (χ3n) is 4.62. The maximum absolute atomic E-state index is 12.3. The lowest BCUT2D eigenvalue weighted by Crippen LogP contribution is -2.17. The number of carbonyl (C=O) groups excluding carboxylic acids is 1. The molecule has 5 nitrogen and oxygen atoms in total. The predicted octanol–water partition coefficient (Wildman–Crippen LogP) is 2.16. The normalized spacial score (nSPS) is 26.8. The quantitative estimate of drug-likeness (QED) is 0.909. The molecule has 1 saturated carbocycles. The minimum atomic E-state index is 0.0840. The first-order chi connectivity index (χ1) is 10.8. The molecule has 114 valence electrons. The van der Waals surface area contributed by atoms with Crippen molar-refractivity contribution in [1.29, 1.82) is 0 Å². The Bertz CT molecular complexity index is 660. The van der Waals surface area contributed by atoms with E-state index in [9.17, 15) is 4.79 Å². The van der Waals surface area contributed by atoms with Crippen LogP contribution in [0.3, 0.4) is 0 Å². The van der Waals surface area contributed by atoms with E-state index in [1.807, 2.05) is 35.1 Å². The zero-order valence-electron chi connectivity index (χ0n) is 12.4. The van der Waals surface area contributed by atoms with Crippen LogP contribution in [0.4, 0.5) is 5.82 Å². The molecule has 0 bridgehead atoms. The Hall–Kier alpha value is -2.14. The second kappa shape index (κ2) is 5.57. The fraction of sp³-hybridized carbons (Fsp3) is 0.412. The average Bonchev–Trinajstić information content (AvgIpc) is 2.95. The zero-order chi connectivity index (χ0) is 14.9. The molecule has 2 aromatic rings. The number of amides is 1. The predicted molar refractivity (Wildman–Crippen MR) is 84.7 cm³/mol. The number of nitrogens with one attached hydrogen (secondary N) is 2. The Kier molecular flexibility index (Phi) is 3.42. The molecule has 3 atom stereocenters. The molecule has 5 heteroatoms. The summed E-state index contributed by atoms with van der Waals surface area (Å²) in [6.45, 7) is 1.99. The molecule has 0 spiro atoms. The highest BCUT2D eigenvalue weighted by Gasteiger charge is 2.43. The summed E-state index contributed by atoms with van der Waals surface area (Å²) in [6, 6.07) is 12.5. The van der Waals surface area contributed by atoms with E-state index < -0.39 is 0 Å². The number of aromatic nitrogens is 2. The second-order valence-corrected chi connectivity index (χ2v) is 6.18. The van der Waals surface area contributed by atoms with Crippen molar-refractivity contribution in [1.82, 2.24) is 15.1 Å². The van der Waals surface area contributed by atoms with Gasteiger partial charge < -0.3 is 10.6 Å². The number of carbonyl (C=O) groups is 1. The van der Waals surface area contributed by atoms with Gasteiger partial charge in [0.25, 0.3) is 0 Å². The monoisotopic (exact) mass is 296 g/mol. The van der Waals surface area contributed by atoms with E-state index in [1.165, 1.54) is 5.56 Å². The number of benzene rings is 1. The van der Waals surface area contributed by atoms with Gasteiger partial charge in [0.2, 0.25) is 5.91 Å². The summed E-state index contributed by atoms with van der Waals surface area (Å²) in [4.78, 5) is 12.3. The van der Waals surface area contributed by atoms with Crippen molar-refractivity contribution < 1.29 is 4.79 Å². The highest BCUT2D eigenvalue weighted by Crippen LogP contribution is 2.47. The van der Waals surface area contributed by atoms with Crippen molar-refractivity contribution in [2.24, 2.45) is 5.92 Å². The average molecular weight is 296 g/mol. The molecule has 1 saturated heterocycles. The van der Waals surface area contributed by atoms with Crippen LogP contribution in [0, 0.1) is 5.92 Å². The first-order valence-corrected chi connectivity index (χ1v) is 7.93. The van der Waals surface area contributed by atoms with Gasteiger partial charge in [0.1, 0.15) is 0 Å². The van der Waals surface area contributed by atoms with Crippen LogP contribution < -0.4 is 10.6 Å². The third kappa shape index (κ3) is 2.64. The Morgan fingerprint density at radius 1 is 1.27 bits per heavy atom. The molecule has 2 heterocycles. The van der Waals surface area contributed by atoms with Crippen LogP contribution >= 0.6 is 0 Å². The maximum atomic E-state index is 12.3. The van der Waals surface area contributed by atoms with Gasteiger partial charge in [0, 0.05) is 24.7 Å². The van der Waals surface area contributed by atoms with Crippen LogP contribution in [0.5, 0.6) is 0 Å². The van der Waals surface area contributed by atoms with E-state index >= 15 is 0 Å². The van der Waals surface area contributed by atoms with Gasteiger partial charge in [-0.1, -0.05) is 30.3 Å². The molecule has 4 rings (SSSR count). The summed E-state index contributed by atoms with van der Waals surface area (Å²) >= 11 is 0. The third-order valence-corrected chi connectivity index (χ3v) is 4.62. The standard InChI is InChI=1S/C17H20N4O/c22-17(15-10-14(15)12-4-2-1-3-5-12)19-16-7-9-21(20-16)13-6-8-18-11-13/h1-5,7,9,13-15,18H,6,8,10-11H2,(H,19,20,22)/t13-,14-,15-/m1/s1. The molecule has 2 fully saturated rings.